The van der Waals surface area contributed by atoms with Crippen molar-refractivity contribution in [1.29, 1.82) is 0 Å². The lowest BCUT2D eigenvalue weighted by Crippen LogP contribution is -2.44. The molecule has 0 bridgehead atoms. The fourth-order valence-corrected chi connectivity index (χ4v) is 2.67. The minimum Gasteiger partial charge on any atom is -0.328 e. The van der Waals surface area contributed by atoms with Crippen molar-refractivity contribution in [3.05, 3.63) is 29.8 Å². The molecule has 0 saturated carbocycles. The predicted octanol–water partition coefficient (Wildman–Crippen LogP) is 3.09. The molecular weight excluding hydrogens is 389 g/mol. The second-order valence-corrected chi connectivity index (χ2v) is 7.93. The van der Waals surface area contributed by atoms with Crippen LogP contribution >= 0.6 is 0 Å². The summed E-state index contributed by atoms with van der Waals surface area (Å²) in [4.78, 5) is 24.2. The van der Waals surface area contributed by atoms with Crippen molar-refractivity contribution in [1.82, 2.24) is 5.32 Å². The smallest absolute Gasteiger partial charge is 0.328 e. The Hall–Kier alpha value is -2.14. The van der Waals surface area contributed by atoms with Crippen LogP contribution in [0.3, 0.4) is 0 Å². The summed E-state index contributed by atoms with van der Waals surface area (Å²) in [5.74, 6) is -1.34. The molecule has 0 aliphatic heterocycles. The first-order chi connectivity index (χ1) is 12.3. The van der Waals surface area contributed by atoms with E-state index in [4.69, 9.17) is 4.55 Å². The topological polar surface area (TPSA) is 113 Å². The first-order valence-electron chi connectivity index (χ1n) is 8.00. The summed E-state index contributed by atoms with van der Waals surface area (Å²) in [5, 5.41) is 4.69. The zero-order chi connectivity index (χ0) is 20.8. The number of anilines is 1. The van der Waals surface area contributed by atoms with E-state index in [0.717, 1.165) is 24.3 Å². The average molecular weight is 410 g/mol. The van der Waals surface area contributed by atoms with Crippen molar-refractivity contribution in [2.24, 2.45) is 5.92 Å². The first-order valence-corrected chi connectivity index (χ1v) is 9.61. The Bertz CT molecular complexity index is 761. The third-order valence-electron chi connectivity index (χ3n) is 3.48. The van der Waals surface area contributed by atoms with Gasteiger partial charge in [0.25, 0.3) is 10.1 Å². The van der Waals surface area contributed by atoms with E-state index in [9.17, 15) is 31.2 Å². The summed E-state index contributed by atoms with van der Waals surface area (Å²) in [6.45, 7) is 3.58. The normalized spacial score (nSPS) is 13.3. The van der Waals surface area contributed by atoms with E-state index in [1.807, 2.05) is 0 Å². The molecule has 0 aliphatic rings. The molecule has 1 atom stereocenters. The Labute approximate surface area is 155 Å². The van der Waals surface area contributed by atoms with Crippen LogP contribution in [0.25, 0.3) is 0 Å². The monoisotopic (exact) mass is 410 g/mol. The van der Waals surface area contributed by atoms with Crippen molar-refractivity contribution in [2.45, 2.75) is 38.9 Å². The van der Waals surface area contributed by atoms with Gasteiger partial charge >= 0.3 is 12.2 Å². The molecule has 152 valence electrons. The summed E-state index contributed by atoms with van der Waals surface area (Å²) in [6.07, 6.45) is -4.75. The highest BCUT2D eigenvalue weighted by Gasteiger charge is 2.30. The molecule has 0 aromatic heterocycles. The predicted molar refractivity (Wildman–Crippen MR) is 92.9 cm³/mol. The number of amides is 2. The quantitative estimate of drug-likeness (QED) is 0.570. The summed E-state index contributed by atoms with van der Waals surface area (Å²) in [6, 6.07) is 1.93. The van der Waals surface area contributed by atoms with Crippen molar-refractivity contribution >= 4 is 27.6 Å². The van der Waals surface area contributed by atoms with E-state index >= 15 is 0 Å². The lowest BCUT2D eigenvalue weighted by atomic mass is 9.99. The van der Waals surface area contributed by atoms with Gasteiger partial charge < -0.3 is 10.6 Å². The molecule has 2 amide bonds. The molecule has 27 heavy (non-hydrogen) atoms. The Morgan fingerprint density at radius 2 is 1.70 bits per heavy atom. The first kappa shape index (κ1) is 22.9. The van der Waals surface area contributed by atoms with Gasteiger partial charge in [0, 0.05) is 12.1 Å². The van der Waals surface area contributed by atoms with Crippen molar-refractivity contribution < 1.29 is 35.7 Å². The van der Waals surface area contributed by atoms with Gasteiger partial charge in [0.2, 0.25) is 0 Å². The number of benzene rings is 1. The summed E-state index contributed by atoms with van der Waals surface area (Å²) in [5.41, 5.74) is -0.777. The second-order valence-electron chi connectivity index (χ2n) is 6.36. The van der Waals surface area contributed by atoms with Crippen LogP contribution in [0.2, 0.25) is 0 Å². The molecule has 0 saturated heterocycles. The van der Waals surface area contributed by atoms with Gasteiger partial charge in [-0.2, -0.15) is 21.6 Å². The third kappa shape index (κ3) is 8.87. The fourth-order valence-electron chi connectivity index (χ4n) is 2.21. The van der Waals surface area contributed by atoms with Crippen LogP contribution in [0.4, 0.5) is 23.7 Å². The lowest BCUT2D eigenvalue weighted by molar-refractivity contribution is -0.137. The van der Waals surface area contributed by atoms with Gasteiger partial charge in [0.05, 0.1) is 17.4 Å². The van der Waals surface area contributed by atoms with Gasteiger partial charge in [-0.05, 0) is 36.6 Å². The molecule has 0 unspecified atom stereocenters. The molecule has 1 aromatic rings. The standard InChI is InChI=1S/C16H21F3N2O5S/c1-10(2)9-13(14(22)7-8-27(24,25)26)21-15(23)20-12-5-3-11(4-6-12)16(17,18)19/h3-6,10,13H,7-9H2,1-2H3,(H2,20,21,23)(H,24,25,26)/t13-/m0/s1. The summed E-state index contributed by atoms with van der Waals surface area (Å²) >= 11 is 0. The maximum absolute atomic E-state index is 12.5. The Morgan fingerprint density at radius 1 is 1.15 bits per heavy atom. The summed E-state index contributed by atoms with van der Waals surface area (Å²) < 4.78 is 67.8. The van der Waals surface area contributed by atoms with Crippen LogP contribution in [0.5, 0.6) is 0 Å². The molecule has 0 fully saturated rings. The Morgan fingerprint density at radius 3 is 2.15 bits per heavy atom. The molecule has 7 nitrogen and oxygen atoms in total. The van der Waals surface area contributed by atoms with E-state index in [1.165, 1.54) is 0 Å². The lowest BCUT2D eigenvalue weighted by Gasteiger charge is -2.20. The number of urea groups is 1. The van der Waals surface area contributed by atoms with Crippen LogP contribution in [0.15, 0.2) is 24.3 Å². The van der Waals surface area contributed by atoms with E-state index in [-0.39, 0.29) is 18.0 Å². The van der Waals surface area contributed by atoms with E-state index < -0.39 is 51.9 Å². The molecule has 11 heteroatoms. The van der Waals surface area contributed by atoms with Gasteiger partial charge in [-0.15, -0.1) is 0 Å². The van der Waals surface area contributed by atoms with Gasteiger partial charge in [-0.3, -0.25) is 9.35 Å². The number of nitrogens with one attached hydrogen (secondary N) is 2. The van der Waals surface area contributed by atoms with E-state index in [0.29, 0.717) is 0 Å². The minimum atomic E-state index is -4.50. The number of rotatable bonds is 8. The van der Waals surface area contributed by atoms with E-state index in [1.54, 1.807) is 13.8 Å². The molecular formula is C16H21F3N2O5S. The molecule has 0 heterocycles. The Balaban J connectivity index is 2.74. The molecule has 1 rings (SSSR count). The van der Waals surface area contributed by atoms with Crippen LogP contribution < -0.4 is 10.6 Å². The van der Waals surface area contributed by atoms with Gasteiger partial charge in [-0.1, -0.05) is 13.8 Å². The molecule has 0 radical (unpaired) electrons. The number of carbonyl (C=O) groups is 2. The third-order valence-corrected chi connectivity index (χ3v) is 4.20. The van der Waals surface area contributed by atoms with Crippen LogP contribution in [-0.2, 0) is 21.1 Å². The van der Waals surface area contributed by atoms with Crippen molar-refractivity contribution in [3.8, 4) is 0 Å². The van der Waals surface area contributed by atoms with Crippen LogP contribution in [-0.4, -0.2) is 36.6 Å². The van der Waals surface area contributed by atoms with Gasteiger partial charge in [-0.25, -0.2) is 4.79 Å². The zero-order valence-electron chi connectivity index (χ0n) is 14.7. The van der Waals surface area contributed by atoms with Crippen LogP contribution in [0.1, 0.15) is 32.3 Å². The number of ketones is 1. The average Bonchev–Trinajstić information content (AvgIpc) is 2.50. The second kappa shape index (κ2) is 9.18. The number of hydrogen-bond acceptors (Lipinski definition) is 4. The van der Waals surface area contributed by atoms with Crippen molar-refractivity contribution in [3.63, 3.8) is 0 Å². The number of halogens is 3. The fraction of sp³-hybridized carbons (Fsp3) is 0.500. The van der Waals surface area contributed by atoms with Gasteiger partial charge in [0.15, 0.2) is 5.78 Å². The molecule has 0 aliphatic carbocycles. The number of Topliss-reactive ketones (excluding diaryl/α,β-unsaturated/α-hetero) is 1. The van der Waals surface area contributed by atoms with E-state index in [2.05, 4.69) is 10.6 Å². The molecule has 3 N–H and O–H groups in total. The minimum absolute atomic E-state index is 0.00365. The SMILES string of the molecule is CC(C)C[C@H](NC(=O)Nc1ccc(C(F)(F)F)cc1)C(=O)CCS(=O)(=O)O. The number of alkyl halides is 3. The molecule has 1 aromatic carbocycles. The highest BCUT2D eigenvalue weighted by Crippen LogP contribution is 2.29. The Kier molecular flexibility index (Phi) is 7.78. The highest BCUT2D eigenvalue weighted by molar-refractivity contribution is 7.85. The van der Waals surface area contributed by atoms with Crippen LogP contribution in [0, 0.1) is 5.92 Å². The number of hydrogen-bond donors (Lipinski definition) is 3. The maximum atomic E-state index is 12.5. The number of carbonyl (C=O) groups excluding carboxylic acids is 2. The van der Waals surface area contributed by atoms with Crippen molar-refractivity contribution in [2.75, 3.05) is 11.1 Å². The van der Waals surface area contributed by atoms with Gasteiger partial charge in [0.1, 0.15) is 0 Å². The molecule has 0 spiro atoms. The largest absolute Gasteiger partial charge is 0.416 e. The summed E-state index contributed by atoms with van der Waals surface area (Å²) in [7, 11) is -4.32. The highest BCUT2D eigenvalue weighted by atomic mass is 32.2. The zero-order valence-corrected chi connectivity index (χ0v) is 15.5. The maximum Gasteiger partial charge on any atom is 0.416 e.